The van der Waals surface area contributed by atoms with Gasteiger partial charge in [0.05, 0.1) is 12.1 Å². The van der Waals surface area contributed by atoms with Crippen LogP contribution in [0.5, 0.6) is 5.75 Å². The summed E-state index contributed by atoms with van der Waals surface area (Å²) in [5.74, 6) is -0.266. The first-order valence-corrected chi connectivity index (χ1v) is 6.60. The number of nitrogens with two attached hydrogens (primary N) is 1. The van der Waals surface area contributed by atoms with Gasteiger partial charge in [-0.3, -0.25) is 0 Å². The summed E-state index contributed by atoms with van der Waals surface area (Å²) in [4.78, 5) is 0. The molecule has 2 atom stereocenters. The van der Waals surface area contributed by atoms with E-state index < -0.39 is 12.4 Å². The van der Waals surface area contributed by atoms with E-state index in [1.165, 1.54) is 18.2 Å². The van der Waals surface area contributed by atoms with Crippen molar-refractivity contribution in [1.82, 2.24) is 0 Å². The van der Waals surface area contributed by atoms with E-state index in [2.05, 4.69) is 4.74 Å². The Labute approximate surface area is 116 Å². The zero-order valence-electron chi connectivity index (χ0n) is 11.6. The average molecular weight is 291 g/mol. The van der Waals surface area contributed by atoms with Crippen molar-refractivity contribution >= 4 is 0 Å². The number of alkyl halides is 3. The molecule has 2 N–H and O–H groups in total. The molecule has 3 nitrogen and oxygen atoms in total. The molecule has 2 unspecified atom stereocenters. The van der Waals surface area contributed by atoms with Crippen LogP contribution >= 0.6 is 0 Å². The van der Waals surface area contributed by atoms with Gasteiger partial charge >= 0.3 is 6.36 Å². The Kier molecular flexibility index (Phi) is 6.29. The molecule has 1 aromatic carbocycles. The summed E-state index contributed by atoms with van der Waals surface area (Å²) in [5, 5.41) is 0. The van der Waals surface area contributed by atoms with Crippen molar-refractivity contribution in [3.05, 3.63) is 29.8 Å². The zero-order valence-corrected chi connectivity index (χ0v) is 11.6. The Hall–Kier alpha value is -1.27. The fraction of sp³-hybridized carbons (Fsp3) is 0.571. The molecular formula is C14H20F3NO2. The van der Waals surface area contributed by atoms with E-state index in [0.717, 1.165) is 12.8 Å². The second kappa shape index (κ2) is 7.50. The van der Waals surface area contributed by atoms with E-state index in [-0.39, 0.29) is 11.9 Å². The summed E-state index contributed by atoms with van der Waals surface area (Å²) in [6.45, 7) is 4.37. The van der Waals surface area contributed by atoms with Gasteiger partial charge in [0.1, 0.15) is 5.75 Å². The van der Waals surface area contributed by atoms with Gasteiger partial charge in [0.25, 0.3) is 0 Å². The van der Waals surface area contributed by atoms with E-state index in [9.17, 15) is 13.2 Å². The van der Waals surface area contributed by atoms with Crippen molar-refractivity contribution < 1.29 is 22.6 Å². The summed E-state index contributed by atoms with van der Waals surface area (Å²) in [5.41, 5.74) is 6.65. The fourth-order valence-electron chi connectivity index (χ4n) is 2.00. The van der Waals surface area contributed by atoms with Crippen LogP contribution in [0.25, 0.3) is 0 Å². The number of hydrogen-bond donors (Lipinski definition) is 1. The third-order valence-electron chi connectivity index (χ3n) is 2.83. The highest BCUT2D eigenvalue weighted by Crippen LogP contribution is 2.27. The van der Waals surface area contributed by atoms with Crippen LogP contribution in [0.2, 0.25) is 0 Å². The predicted octanol–water partition coefficient (Wildman–Crippen LogP) is 3.79. The maximum absolute atomic E-state index is 12.2. The van der Waals surface area contributed by atoms with Crippen LogP contribution in [0.3, 0.4) is 0 Å². The van der Waals surface area contributed by atoms with Crippen molar-refractivity contribution in [2.45, 2.75) is 45.2 Å². The first-order chi connectivity index (χ1) is 9.37. The first-order valence-electron chi connectivity index (χ1n) is 6.60. The molecule has 0 saturated carbocycles. The van der Waals surface area contributed by atoms with Crippen LogP contribution in [-0.2, 0) is 4.74 Å². The normalized spacial score (nSPS) is 14.9. The van der Waals surface area contributed by atoms with Crippen molar-refractivity contribution in [1.29, 1.82) is 0 Å². The Bertz CT molecular complexity index is 404. The van der Waals surface area contributed by atoms with Crippen LogP contribution in [0.15, 0.2) is 24.3 Å². The lowest BCUT2D eigenvalue weighted by Gasteiger charge is -2.24. The van der Waals surface area contributed by atoms with Gasteiger partial charge in [0.2, 0.25) is 0 Å². The molecule has 20 heavy (non-hydrogen) atoms. The molecule has 0 radical (unpaired) electrons. The molecule has 0 bridgehead atoms. The molecular weight excluding hydrogens is 271 g/mol. The third kappa shape index (κ3) is 5.38. The van der Waals surface area contributed by atoms with E-state index in [1.54, 1.807) is 6.07 Å². The lowest BCUT2D eigenvalue weighted by molar-refractivity contribution is -0.274. The standard InChI is InChI=1S/C14H20F3NO2/c1-3-6-12(19-4-2)13(18)10-7-5-8-11(9-10)20-14(15,16)17/h5,7-9,12-13H,3-4,6,18H2,1-2H3. The fourth-order valence-corrected chi connectivity index (χ4v) is 2.00. The van der Waals surface area contributed by atoms with E-state index >= 15 is 0 Å². The number of benzene rings is 1. The van der Waals surface area contributed by atoms with Gasteiger partial charge in [-0.15, -0.1) is 13.2 Å². The van der Waals surface area contributed by atoms with E-state index in [0.29, 0.717) is 12.2 Å². The predicted molar refractivity (Wildman–Crippen MR) is 70.4 cm³/mol. The second-order valence-corrected chi connectivity index (χ2v) is 4.43. The minimum absolute atomic E-state index is 0.217. The highest BCUT2D eigenvalue weighted by atomic mass is 19.4. The number of hydrogen-bond acceptors (Lipinski definition) is 3. The highest BCUT2D eigenvalue weighted by molar-refractivity contribution is 5.31. The van der Waals surface area contributed by atoms with Crippen molar-refractivity contribution in [2.75, 3.05) is 6.61 Å². The molecule has 114 valence electrons. The first kappa shape index (κ1) is 16.8. The lowest BCUT2D eigenvalue weighted by atomic mass is 9.99. The van der Waals surface area contributed by atoms with Gasteiger partial charge in [-0.05, 0) is 31.0 Å². The monoisotopic (exact) mass is 291 g/mol. The third-order valence-corrected chi connectivity index (χ3v) is 2.83. The smallest absolute Gasteiger partial charge is 0.406 e. The molecule has 0 aliphatic rings. The zero-order chi connectivity index (χ0) is 15.2. The van der Waals surface area contributed by atoms with E-state index in [1.807, 2.05) is 13.8 Å². The average Bonchev–Trinajstić information content (AvgIpc) is 2.36. The Morgan fingerprint density at radius 2 is 1.95 bits per heavy atom. The lowest BCUT2D eigenvalue weighted by Crippen LogP contribution is -2.29. The van der Waals surface area contributed by atoms with Gasteiger partial charge in [-0.2, -0.15) is 0 Å². The molecule has 0 aromatic heterocycles. The van der Waals surface area contributed by atoms with Crippen molar-refractivity contribution in [2.24, 2.45) is 5.73 Å². The maximum atomic E-state index is 12.2. The second-order valence-electron chi connectivity index (χ2n) is 4.43. The van der Waals surface area contributed by atoms with Crippen molar-refractivity contribution in [3.63, 3.8) is 0 Å². The molecule has 6 heteroatoms. The highest BCUT2D eigenvalue weighted by Gasteiger charge is 2.31. The van der Waals surface area contributed by atoms with Gasteiger partial charge in [0, 0.05) is 6.61 Å². The molecule has 0 saturated heterocycles. The van der Waals surface area contributed by atoms with Crippen LogP contribution < -0.4 is 10.5 Å². The number of rotatable bonds is 7. The van der Waals surface area contributed by atoms with Crippen molar-refractivity contribution in [3.8, 4) is 5.75 Å². The summed E-state index contributed by atoms with van der Waals surface area (Å²) in [6.07, 6.45) is -3.28. The Balaban J connectivity index is 2.86. The number of halogens is 3. The SMILES string of the molecule is CCCC(OCC)C(N)c1cccc(OC(F)(F)F)c1. The summed E-state index contributed by atoms with van der Waals surface area (Å²) in [6, 6.07) is 5.24. The molecule has 0 aliphatic heterocycles. The molecule has 0 spiro atoms. The maximum Gasteiger partial charge on any atom is 0.573 e. The molecule has 0 aliphatic carbocycles. The van der Waals surface area contributed by atoms with Crippen LogP contribution in [0, 0.1) is 0 Å². The topological polar surface area (TPSA) is 44.5 Å². The molecule has 1 aromatic rings. The Morgan fingerprint density at radius 1 is 1.25 bits per heavy atom. The minimum atomic E-state index is -4.70. The quantitative estimate of drug-likeness (QED) is 0.831. The van der Waals surface area contributed by atoms with Crippen LogP contribution in [0.4, 0.5) is 13.2 Å². The molecule has 0 heterocycles. The van der Waals surface area contributed by atoms with Crippen LogP contribution in [-0.4, -0.2) is 19.1 Å². The van der Waals surface area contributed by atoms with Crippen LogP contribution in [0.1, 0.15) is 38.3 Å². The summed E-state index contributed by atoms with van der Waals surface area (Å²) in [7, 11) is 0. The number of ether oxygens (including phenoxy) is 2. The van der Waals surface area contributed by atoms with E-state index in [4.69, 9.17) is 10.5 Å². The Morgan fingerprint density at radius 3 is 2.50 bits per heavy atom. The minimum Gasteiger partial charge on any atom is -0.406 e. The summed E-state index contributed by atoms with van der Waals surface area (Å²) < 4.78 is 46.0. The molecule has 0 amide bonds. The molecule has 1 rings (SSSR count). The molecule has 0 fully saturated rings. The van der Waals surface area contributed by atoms with Gasteiger partial charge in [-0.1, -0.05) is 25.5 Å². The van der Waals surface area contributed by atoms with Gasteiger partial charge in [0.15, 0.2) is 0 Å². The largest absolute Gasteiger partial charge is 0.573 e. The summed E-state index contributed by atoms with van der Waals surface area (Å²) >= 11 is 0. The van der Waals surface area contributed by atoms with Gasteiger partial charge < -0.3 is 15.2 Å². The van der Waals surface area contributed by atoms with Gasteiger partial charge in [-0.25, -0.2) is 0 Å².